The van der Waals surface area contributed by atoms with Gasteiger partial charge in [-0.2, -0.15) is 0 Å². The number of nitrogens with zero attached hydrogens (tertiary/aromatic N) is 2. The first-order valence-electron chi connectivity index (χ1n) is 8.82. The Kier molecular flexibility index (Phi) is 6.50. The molecule has 2 aromatic rings. The summed E-state index contributed by atoms with van der Waals surface area (Å²) in [5.74, 6) is 0.529. The zero-order valence-electron chi connectivity index (χ0n) is 14.7. The fraction of sp³-hybridized carbons (Fsp3) is 0.350. The normalized spacial score (nSPS) is 17.0. The lowest BCUT2D eigenvalue weighted by atomic mass is 10.0. The van der Waals surface area contributed by atoms with Crippen LogP contribution in [0.15, 0.2) is 54.6 Å². The van der Waals surface area contributed by atoms with Crippen molar-refractivity contribution >= 4 is 17.5 Å². The molecule has 0 saturated carbocycles. The van der Waals surface area contributed by atoms with E-state index in [-0.39, 0.29) is 11.9 Å². The third-order valence-electron chi connectivity index (χ3n) is 4.65. The lowest BCUT2D eigenvalue weighted by Gasteiger charge is -2.38. The maximum absolute atomic E-state index is 12.0. The standard InChI is InChI=1S/C20H24ClN3O2/c21-17-6-8-18(9-7-17)26-15-14-23-10-12-24(13-11-23)19(20(22)25)16-4-2-1-3-5-16/h1-9,19H,10-15H2,(H2,22,25). The summed E-state index contributed by atoms with van der Waals surface area (Å²) in [6.07, 6.45) is 0. The van der Waals surface area contributed by atoms with Crippen molar-refractivity contribution in [3.8, 4) is 5.75 Å². The van der Waals surface area contributed by atoms with Gasteiger partial charge in [0, 0.05) is 37.7 Å². The van der Waals surface area contributed by atoms with Crippen LogP contribution >= 0.6 is 11.6 Å². The number of halogens is 1. The smallest absolute Gasteiger partial charge is 0.239 e. The van der Waals surface area contributed by atoms with Crippen molar-refractivity contribution in [2.75, 3.05) is 39.3 Å². The molecular weight excluding hydrogens is 350 g/mol. The van der Waals surface area contributed by atoms with E-state index in [2.05, 4.69) is 9.80 Å². The zero-order valence-corrected chi connectivity index (χ0v) is 15.4. The number of piperazine rings is 1. The van der Waals surface area contributed by atoms with Gasteiger partial charge in [0.1, 0.15) is 18.4 Å². The van der Waals surface area contributed by atoms with E-state index in [9.17, 15) is 4.79 Å². The van der Waals surface area contributed by atoms with Gasteiger partial charge in [0.2, 0.25) is 5.91 Å². The third kappa shape index (κ3) is 4.97. The van der Waals surface area contributed by atoms with Crippen LogP contribution in [0, 0.1) is 0 Å². The number of hydrogen-bond donors (Lipinski definition) is 1. The van der Waals surface area contributed by atoms with Crippen LogP contribution < -0.4 is 10.5 Å². The Hall–Kier alpha value is -2.08. The fourth-order valence-corrected chi connectivity index (χ4v) is 3.38. The summed E-state index contributed by atoms with van der Waals surface area (Å²) in [5, 5.41) is 0.705. The SMILES string of the molecule is NC(=O)C(c1ccccc1)N1CCN(CCOc2ccc(Cl)cc2)CC1. The maximum Gasteiger partial charge on any atom is 0.239 e. The van der Waals surface area contributed by atoms with Crippen LogP contribution in [0.4, 0.5) is 0 Å². The van der Waals surface area contributed by atoms with Crippen LogP contribution in [0.1, 0.15) is 11.6 Å². The van der Waals surface area contributed by atoms with Crippen molar-refractivity contribution in [1.29, 1.82) is 0 Å². The van der Waals surface area contributed by atoms with Crippen molar-refractivity contribution in [3.05, 3.63) is 65.2 Å². The average Bonchev–Trinajstić information content (AvgIpc) is 2.65. The van der Waals surface area contributed by atoms with Crippen LogP contribution in [0.5, 0.6) is 5.75 Å². The van der Waals surface area contributed by atoms with E-state index < -0.39 is 0 Å². The molecule has 5 nitrogen and oxygen atoms in total. The van der Waals surface area contributed by atoms with Crippen molar-refractivity contribution < 1.29 is 9.53 Å². The van der Waals surface area contributed by atoms with E-state index in [1.165, 1.54) is 0 Å². The van der Waals surface area contributed by atoms with E-state index in [0.29, 0.717) is 11.6 Å². The summed E-state index contributed by atoms with van der Waals surface area (Å²) in [4.78, 5) is 16.5. The number of benzene rings is 2. The minimum Gasteiger partial charge on any atom is -0.492 e. The van der Waals surface area contributed by atoms with Gasteiger partial charge in [-0.05, 0) is 29.8 Å². The minimum absolute atomic E-state index is 0.296. The lowest BCUT2D eigenvalue weighted by Crippen LogP contribution is -2.51. The first-order valence-corrected chi connectivity index (χ1v) is 9.20. The molecule has 3 rings (SSSR count). The van der Waals surface area contributed by atoms with Gasteiger partial charge in [-0.15, -0.1) is 0 Å². The Morgan fingerprint density at radius 2 is 1.69 bits per heavy atom. The van der Waals surface area contributed by atoms with Gasteiger partial charge in [-0.25, -0.2) is 0 Å². The molecule has 6 heteroatoms. The third-order valence-corrected chi connectivity index (χ3v) is 4.90. The van der Waals surface area contributed by atoms with Gasteiger partial charge in [-0.1, -0.05) is 41.9 Å². The number of ether oxygens (including phenoxy) is 1. The number of primary amides is 1. The van der Waals surface area contributed by atoms with Crippen molar-refractivity contribution in [2.24, 2.45) is 5.73 Å². The second kappa shape index (κ2) is 9.03. The van der Waals surface area contributed by atoms with Gasteiger partial charge in [0.05, 0.1) is 0 Å². The van der Waals surface area contributed by atoms with Gasteiger partial charge in [-0.3, -0.25) is 14.6 Å². The molecule has 0 radical (unpaired) electrons. The molecular formula is C20H24ClN3O2. The predicted octanol–water partition coefficient (Wildman–Crippen LogP) is 2.56. The highest BCUT2D eigenvalue weighted by molar-refractivity contribution is 6.30. The fourth-order valence-electron chi connectivity index (χ4n) is 3.26. The van der Waals surface area contributed by atoms with Crippen LogP contribution in [-0.2, 0) is 4.79 Å². The van der Waals surface area contributed by atoms with Gasteiger partial charge < -0.3 is 10.5 Å². The van der Waals surface area contributed by atoms with Crippen molar-refractivity contribution in [3.63, 3.8) is 0 Å². The Morgan fingerprint density at radius 3 is 2.31 bits per heavy atom. The lowest BCUT2D eigenvalue weighted by molar-refractivity contribution is -0.124. The summed E-state index contributed by atoms with van der Waals surface area (Å²) in [6.45, 7) is 4.87. The topological polar surface area (TPSA) is 58.8 Å². The highest BCUT2D eigenvalue weighted by atomic mass is 35.5. The molecule has 2 aromatic carbocycles. The molecule has 2 N–H and O–H groups in total. The number of amides is 1. The summed E-state index contributed by atoms with van der Waals surface area (Å²) in [5.41, 5.74) is 6.62. The zero-order chi connectivity index (χ0) is 18.4. The molecule has 1 amide bonds. The summed E-state index contributed by atoms with van der Waals surface area (Å²) >= 11 is 5.87. The van der Waals surface area contributed by atoms with Crippen molar-refractivity contribution in [1.82, 2.24) is 9.80 Å². The van der Waals surface area contributed by atoms with E-state index in [0.717, 1.165) is 44.0 Å². The molecule has 0 aromatic heterocycles. The van der Waals surface area contributed by atoms with Gasteiger partial charge >= 0.3 is 0 Å². The van der Waals surface area contributed by atoms with Gasteiger partial charge in [0.15, 0.2) is 0 Å². The highest BCUT2D eigenvalue weighted by Gasteiger charge is 2.28. The Bertz CT molecular complexity index is 701. The van der Waals surface area contributed by atoms with Crippen molar-refractivity contribution in [2.45, 2.75) is 6.04 Å². The van der Waals surface area contributed by atoms with E-state index >= 15 is 0 Å². The summed E-state index contributed by atoms with van der Waals surface area (Å²) < 4.78 is 5.76. The molecule has 138 valence electrons. The van der Waals surface area contributed by atoms with Crippen LogP contribution in [0.2, 0.25) is 5.02 Å². The molecule has 1 aliphatic heterocycles. The Labute approximate surface area is 159 Å². The van der Waals surface area contributed by atoms with E-state index in [1.807, 2.05) is 54.6 Å². The monoisotopic (exact) mass is 373 g/mol. The van der Waals surface area contributed by atoms with Gasteiger partial charge in [0.25, 0.3) is 0 Å². The average molecular weight is 374 g/mol. The molecule has 0 bridgehead atoms. The number of nitrogens with two attached hydrogens (primary N) is 1. The molecule has 1 aliphatic rings. The maximum atomic E-state index is 12.0. The van der Waals surface area contributed by atoms with Crippen LogP contribution in [0.25, 0.3) is 0 Å². The quantitative estimate of drug-likeness (QED) is 0.810. The van der Waals surface area contributed by atoms with E-state index in [4.69, 9.17) is 22.1 Å². The first-order chi connectivity index (χ1) is 12.6. The Balaban J connectivity index is 1.47. The molecule has 1 fully saturated rings. The predicted molar refractivity (Wildman–Crippen MR) is 103 cm³/mol. The molecule has 1 atom stereocenters. The van der Waals surface area contributed by atoms with E-state index in [1.54, 1.807) is 0 Å². The molecule has 0 spiro atoms. The number of carbonyl (C=O) groups excluding carboxylic acids is 1. The molecule has 1 saturated heterocycles. The molecule has 26 heavy (non-hydrogen) atoms. The molecule has 1 heterocycles. The highest BCUT2D eigenvalue weighted by Crippen LogP contribution is 2.22. The van der Waals surface area contributed by atoms with Crippen LogP contribution in [-0.4, -0.2) is 55.0 Å². The van der Waals surface area contributed by atoms with Crippen LogP contribution in [0.3, 0.4) is 0 Å². The molecule has 1 unspecified atom stereocenters. The largest absolute Gasteiger partial charge is 0.492 e. The Morgan fingerprint density at radius 1 is 1.04 bits per heavy atom. The number of rotatable bonds is 7. The number of hydrogen-bond acceptors (Lipinski definition) is 4. The second-order valence-electron chi connectivity index (χ2n) is 6.40. The minimum atomic E-state index is -0.358. The first kappa shape index (κ1) is 18.7. The summed E-state index contributed by atoms with van der Waals surface area (Å²) in [6, 6.07) is 16.8. The molecule has 0 aliphatic carbocycles. The summed E-state index contributed by atoms with van der Waals surface area (Å²) in [7, 11) is 0. The number of carbonyl (C=O) groups is 1. The second-order valence-corrected chi connectivity index (χ2v) is 6.83.